The topological polar surface area (TPSA) is 44.1 Å². The van der Waals surface area contributed by atoms with Gasteiger partial charge in [0, 0.05) is 5.56 Å². The van der Waals surface area contributed by atoms with Crippen molar-refractivity contribution in [3.05, 3.63) is 83.7 Å². The van der Waals surface area contributed by atoms with Crippen LogP contribution in [0.2, 0.25) is 0 Å². The van der Waals surface area contributed by atoms with Crippen molar-refractivity contribution in [2.24, 2.45) is 0 Å². The van der Waals surface area contributed by atoms with Gasteiger partial charge in [0.05, 0.1) is 11.4 Å². The molecule has 2 aromatic carbocycles. The largest absolute Gasteiger partial charge is 0.444 e. The Morgan fingerprint density at radius 2 is 1.76 bits per heavy atom. The van der Waals surface area contributed by atoms with E-state index >= 15 is 0 Å². The fraction of sp³-hybridized carbons (Fsp3) is 0.143. The van der Waals surface area contributed by atoms with Crippen LogP contribution < -0.4 is 0 Å². The summed E-state index contributed by atoms with van der Waals surface area (Å²) in [5, 5.41) is 0. The van der Waals surface area contributed by atoms with Gasteiger partial charge in [-0.05, 0) is 24.5 Å². The van der Waals surface area contributed by atoms with Crippen molar-refractivity contribution in [1.29, 1.82) is 0 Å². The first kappa shape index (κ1) is 15.4. The lowest BCUT2D eigenvalue weighted by Crippen LogP contribution is -2.18. The molecule has 0 fully saturated rings. The first-order valence-electron chi connectivity index (χ1n) is 8.37. The van der Waals surface area contributed by atoms with Crippen molar-refractivity contribution in [2.75, 3.05) is 0 Å². The molecular formula is C21H18N2O2. The second kappa shape index (κ2) is 6.77. The molecule has 124 valence electrons. The van der Waals surface area contributed by atoms with E-state index < -0.39 is 0 Å². The number of carbonyl (C=O) groups excluding carboxylic acids is 1. The van der Waals surface area contributed by atoms with Crippen LogP contribution in [0.3, 0.4) is 0 Å². The molecule has 4 nitrogen and oxygen atoms in total. The molecule has 0 bridgehead atoms. The fourth-order valence-corrected chi connectivity index (χ4v) is 3.02. The zero-order chi connectivity index (χ0) is 17.1. The standard InChI is InChI=1S/C21H18N2O2/c24-21(25-15-16-9-3-1-4-10-16)23-19-14-8-7-13-18(19)22-20(23)17-11-5-2-6-12-17/h1-7,9-13H,8,14-15H2. The minimum absolute atomic E-state index is 0.247. The molecule has 1 heterocycles. The van der Waals surface area contributed by atoms with Crippen LogP contribution in [0.4, 0.5) is 4.79 Å². The Morgan fingerprint density at radius 3 is 2.52 bits per heavy atom. The van der Waals surface area contributed by atoms with E-state index in [4.69, 9.17) is 4.74 Å². The summed E-state index contributed by atoms with van der Waals surface area (Å²) in [4.78, 5) is 17.5. The molecule has 1 aromatic heterocycles. The smallest absolute Gasteiger partial charge is 0.420 e. The zero-order valence-electron chi connectivity index (χ0n) is 13.8. The molecule has 0 saturated carbocycles. The highest BCUT2D eigenvalue weighted by Gasteiger charge is 2.23. The van der Waals surface area contributed by atoms with Gasteiger partial charge in [-0.15, -0.1) is 0 Å². The summed E-state index contributed by atoms with van der Waals surface area (Å²) in [7, 11) is 0. The Balaban J connectivity index is 1.69. The maximum absolute atomic E-state index is 12.8. The highest BCUT2D eigenvalue weighted by molar-refractivity contribution is 5.80. The van der Waals surface area contributed by atoms with E-state index in [-0.39, 0.29) is 12.7 Å². The minimum atomic E-state index is -0.383. The van der Waals surface area contributed by atoms with Crippen LogP contribution in [0, 0.1) is 0 Å². The Morgan fingerprint density at radius 1 is 1.04 bits per heavy atom. The first-order valence-corrected chi connectivity index (χ1v) is 8.37. The quantitative estimate of drug-likeness (QED) is 0.699. The monoisotopic (exact) mass is 330 g/mol. The van der Waals surface area contributed by atoms with E-state index in [1.54, 1.807) is 4.57 Å². The predicted octanol–water partition coefficient (Wildman–Crippen LogP) is 4.69. The zero-order valence-corrected chi connectivity index (χ0v) is 13.8. The SMILES string of the molecule is O=C(OCc1ccccc1)n1c(-c2ccccc2)nc2c1CCC=C2. The van der Waals surface area contributed by atoms with Crippen LogP contribution in [0.25, 0.3) is 17.5 Å². The number of allylic oxidation sites excluding steroid dienone is 1. The van der Waals surface area contributed by atoms with Crippen molar-refractivity contribution in [3.8, 4) is 11.4 Å². The number of carbonyl (C=O) groups is 1. The molecule has 25 heavy (non-hydrogen) atoms. The average Bonchev–Trinajstić information content (AvgIpc) is 3.07. The highest BCUT2D eigenvalue weighted by atomic mass is 16.5. The van der Waals surface area contributed by atoms with Gasteiger partial charge in [0.25, 0.3) is 0 Å². The molecule has 0 atom stereocenters. The Kier molecular flexibility index (Phi) is 4.17. The molecule has 0 radical (unpaired) electrons. The van der Waals surface area contributed by atoms with Crippen molar-refractivity contribution >= 4 is 12.2 Å². The molecule has 1 aliphatic rings. The lowest BCUT2D eigenvalue weighted by atomic mass is 10.1. The average molecular weight is 330 g/mol. The van der Waals surface area contributed by atoms with Crippen LogP contribution in [-0.4, -0.2) is 15.6 Å². The number of hydrogen-bond acceptors (Lipinski definition) is 3. The summed E-state index contributed by atoms with van der Waals surface area (Å²) in [5.41, 5.74) is 3.63. The number of nitrogens with zero attached hydrogens (tertiary/aromatic N) is 2. The van der Waals surface area contributed by atoms with Crippen molar-refractivity contribution in [1.82, 2.24) is 9.55 Å². The van der Waals surface area contributed by atoms with Crippen LogP contribution >= 0.6 is 0 Å². The fourth-order valence-electron chi connectivity index (χ4n) is 3.02. The third kappa shape index (κ3) is 3.11. The van der Waals surface area contributed by atoms with E-state index in [2.05, 4.69) is 11.1 Å². The molecule has 3 aromatic rings. The van der Waals surface area contributed by atoms with Crippen LogP contribution in [0.15, 0.2) is 66.7 Å². The number of rotatable bonds is 3. The highest BCUT2D eigenvalue weighted by Crippen LogP contribution is 2.27. The molecular weight excluding hydrogens is 312 g/mol. The predicted molar refractivity (Wildman–Crippen MR) is 97.0 cm³/mol. The second-order valence-corrected chi connectivity index (χ2v) is 5.95. The molecule has 0 amide bonds. The van der Waals surface area contributed by atoms with E-state index in [9.17, 15) is 4.79 Å². The third-order valence-electron chi connectivity index (χ3n) is 4.25. The summed E-state index contributed by atoms with van der Waals surface area (Å²) >= 11 is 0. The number of imidazole rings is 1. The first-order chi connectivity index (χ1) is 12.3. The van der Waals surface area contributed by atoms with Gasteiger partial charge >= 0.3 is 6.09 Å². The van der Waals surface area contributed by atoms with E-state index in [0.29, 0.717) is 5.82 Å². The van der Waals surface area contributed by atoms with Gasteiger partial charge < -0.3 is 4.74 Å². The van der Waals surface area contributed by atoms with E-state index in [1.807, 2.05) is 66.7 Å². The molecule has 0 unspecified atom stereocenters. The van der Waals surface area contributed by atoms with Gasteiger partial charge in [-0.25, -0.2) is 14.3 Å². The number of ether oxygens (including phenoxy) is 1. The van der Waals surface area contributed by atoms with E-state index in [1.165, 1.54) is 0 Å². The maximum atomic E-state index is 12.8. The Labute approximate surface area is 146 Å². The Bertz CT molecular complexity index is 912. The number of fused-ring (bicyclic) bond motifs is 1. The van der Waals surface area contributed by atoms with Gasteiger partial charge in [0.15, 0.2) is 0 Å². The molecule has 1 aliphatic carbocycles. The molecule has 4 rings (SSSR count). The third-order valence-corrected chi connectivity index (χ3v) is 4.25. The maximum Gasteiger partial charge on any atom is 0.420 e. The summed E-state index contributed by atoms with van der Waals surface area (Å²) in [6.07, 6.45) is 5.37. The van der Waals surface area contributed by atoms with Gasteiger partial charge in [-0.1, -0.05) is 66.7 Å². The normalized spacial score (nSPS) is 12.6. The number of aromatic nitrogens is 2. The second-order valence-electron chi connectivity index (χ2n) is 5.95. The molecule has 0 N–H and O–H groups in total. The van der Waals surface area contributed by atoms with Crippen LogP contribution in [0.5, 0.6) is 0 Å². The van der Waals surface area contributed by atoms with E-state index in [0.717, 1.165) is 35.4 Å². The minimum Gasteiger partial charge on any atom is -0.444 e. The summed E-state index contributed by atoms with van der Waals surface area (Å²) in [6, 6.07) is 19.4. The molecule has 0 aliphatic heterocycles. The summed E-state index contributed by atoms with van der Waals surface area (Å²) < 4.78 is 7.18. The lowest BCUT2D eigenvalue weighted by Gasteiger charge is -2.12. The number of hydrogen-bond donors (Lipinski definition) is 0. The van der Waals surface area contributed by atoms with Gasteiger partial charge in [0.2, 0.25) is 0 Å². The van der Waals surface area contributed by atoms with Crippen LogP contribution in [0.1, 0.15) is 23.4 Å². The van der Waals surface area contributed by atoms with Gasteiger partial charge in [0.1, 0.15) is 12.4 Å². The molecule has 4 heteroatoms. The Hall–Kier alpha value is -3.14. The van der Waals surface area contributed by atoms with Crippen molar-refractivity contribution < 1.29 is 9.53 Å². The van der Waals surface area contributed by atoms with Gasteiger partial charge in [-0.3, -0.25) is 0 Å². The molecule has 0 spiro atoms. The molecule has 0 saturated heterocycles. The van der Waals surface area contributed by atoms with Crippen molar-refractivity contribution in [3.63, 3.8) is 0 Å². The van der Waals surface area contributed by atoms with Crippen molar-refractivity contribution in [2.45, 2.75) is 19.4 Å². The lowest BCUT2D eigenvalue weighted by molar-refractivity contribution is 0.141. The summed E-state index contributed by atoms with van der Waals surface area (Å²) in [6.45, 7) is 0.247. The van der Waals surface area contributed by atoms with Gasteiger partial charge in [-0.2, -0.15) is 0 Å². The number of benzene rings is 2. The van der Waals surface area contributed by atoms with Crippen LogP contribution in [-0.2, 0) is 17.8 Å². The summed E-state index contributed by atoms with van der Waals surface area (Å²) in [5.74, 6) is 0.634.